The highest BCUT2D eigenvalue weighted by atomic mass is 32.2. The first-order valence-electron chi connectivity index (χ1n) is 16.3. The number of allylic oxidation sites excluding steroid dienone is 2. The molecule has 0 spiro atoms. The normalized spacial score (nSPS) is 36.4. The van der Waals surface area contributed by atoms with Crippen molar-refractivity contribution >= 4 is 35.3 Å². The lowest BCUT2D eigenvalue weighted by Gasteiger charge is -2.40. The van der Waals surface area contributed by atoms with Gasteiger partial charge in [-0.2, -0.15) is 0 Å². The van der Waals surface area contributed by atoms with Crippen LogP contribution < -0.4 is 5.32 Å². The van der Waals surface area contributed by atoms with E-state index in [1.165, 1.54) is 7.11 Å². The molecule has 0 radical (unpaired) electrons. The van der Waals surface area contributed by atoms with E-state index < -0.39 is 77.8 Å². The molecule has 0 unspecified atom stereocenters. The Morgan fingerprint density at radius 1 is 1.09 bits per heavy atom. The molecule has 11 atom stereocenters. The lowest BCUT2D eigenvalue weighted by Crippen LogP contribution is -2.57. The Kier molecular flexibility index (Phi) is 15.5. The number of carbonyl (C=O) groups excluding carboxylic acids is 4. The Morgan fingerprint density at radius 3 is 2.40 bits per heavy atom. The molecular weight excluding hydrogens is 634 g/mol. The number of aliphatic hydroxyl groups excluding tert-OH is 5. The van der Waals surface area contributed by atoms with Crippen LogP contribution in [0, 0.1) is 17.8 Å². The Morgan fingerprint density at radius 2 is 1.77 bits per heavy atom. The van der Waals surface area contributed by atoms with E-state index in [1.807, 2.05) is 6.08 Å². The summed E-state index contributed by atoms with van der Waals surface area (Å²) < 4.78 is 17.2. The first-order valence-corrected chi connectivity index (χ1v) is 17.3. The summed E-state index contributed by atoms with van der Waals surface area (Å²) in [6, 6.07) is 0. The van der Waals surface area contributed by atoms with Crippen molar-refractivity contribution in [3.63, 3.8) is 0 Å². The Balaban J connectivity index is 1.73. The van der Waals surface area contributed by atoms with Gasteiger partial charge in [0, 0.05) is 43.5 Å². The number of nitrogens with one attached hydrogen (secondary N) is 1. The predicted molar refractivity (Wildman–Crippen MR) is 172 cm³/mol. The predicted octanol–water partition coefficient (Wildman–Crippen LogP) is 0.927. The number of methoxy groups -OCH3 is 1. The highest BCUT2D eigenvalue weighted by Crippen LogP contribution is 2.35. The van der Waals surface area contributed by atoms with Gasteiger partial charge >= 0.3 is 5.97 Å². The number of ketones is 1. The fraction of sp³-hybridized carbons (Fsp3) is 0.758. The lowest BCUT2D eigenvalue weighted by atomic mass is 9.87. The Hall–Kier alpha value is -2.17. The zero-order chi connectivity index (χ0) is 34.8. The van der Waals surface area contributed by atoms with Gasteiger partial charge in [-0.25, -0.2) is 0 Å². The molecule has 3 rings (SSSR count). The molecule has 0 aromatic rings. The number of hydrogen-bond acceptors (Lipinski definition) is 13. The summed E-state index contributed by atoms with van der Waals surface area (Å²) in [4.78, 5) is 49.7. The maximum Gasteiger partial charge on any atom is 0.307 e. The number of ether oxygens (including phenoxy) is 3. The summed E-state index contributed by atoms with van der Waals surface area (Å²) in [5.74, 6) is -2.44. The van der Waals surface area contributed by atoms with Gasteiger partial charge in [-0.1, -0.05) is 32.1 Å². The average molecular weight is 686 g/mol. The van der Waals surface area contributed by atoms with E-state index in [9.17, 15) is 44.7 Å². The van der Waals surface area contributed by atoms with E-state index in [0.717, 1.165) is 11.8 Å². The van der Waals surface area contributed by atoms with Crippen LogP contribution in [0.1, 0.15) is 72.1 Å². The largest absolute Gasteiger partial charge is 0.457 e. The van der Waals surface area contributed by atoms with Crippen LogP contribution >= 0.6 is 11.8 Å². The molecule has 2 amide bonds. The molecule has 2 fully saturated rings. The van der Waals surface area contributed by atoms with Crippen LogP contribution in [-0.4, -0.2) is 116 Å². The number of hydrogen-bond donors (Lipinski definition) is 6. The van der Waals surface area contributed by atoms with Crippen molar-refractivity contribution in [2.45, 2.75) is 126 Å². The maximum absolute atomic E-state index is 13.4. The summed E-state index contributed by atoms with van der Waals surface area (Å²) in [5, 5.41) is 53.6. The number of rotatable bonds is 11. The molecule has 6 N–H and O–H groups in total. The third-order valence-corrected chi connectivity index (χ3v) is 10.6. The zero-order valence-electron chi connectivity index (χ0n) is 27.5. The minimum absolute atomic E-state index is 0.0442. The summed E-state index contributed by atoms with van der Waals surface area (Å²) in [7, 11) is 1.47. The smallest absolute Gasteiger partial charge is 0.307 e. The van der Waals surface area contributed by atoms with Crippen LogP contribution in [0.4, 0.5) is 0 Å². The second-order valence-electron chi connectivity index (χ2n) is 12.9. The van der Waals surface area contributed by atoms with Gasteiger partial charge in [-0.15, -0.1) is 11.8 Å². The number of aliphatic hydroxyl groups is 5. The molecule has 2 saturated heterocycles. The van der Waals surface area contributed by atoms with Crippen LogP contribution in [0.3, 0.4) is 0 Å². The van der Waals surface area contributed by atoms with Crippen molar-refractivity contribution in [2.75, 3.05) is 13.7 Å². The van der Waals surface area contributed by atoms with Crippen molar-refractivity contribution < 1.29 is 58.9 Å². The van der Waals surface area contributed by atoms with Gasteiger partial charge in [0.25, 0.3) is 0 Å². The van der Waals surface area contributed by atoms with Gasteiger partial charge in [-0.3, -0.25) is 24.5 Å². The molecule has 47 heavy (non-hydrogen) atoms. The number of thioether (sulfide) groups is 1. The van der Waals surface area contributed by atoms with Gasteiger partial charge in [0.15, 0.2) is 0 Å². The molecule has 14 heteroatoms. The quantitative estimate of drug-likeness (QED) is 0.102. The van der Waals surface area contributed by atoms with Crippen molar-refractivity contribution in [3.8, 4) is 0 Å². The van der Waals surface area contributed by atoms with E-state index in [1.54, 1.807) is 32.9 Å². The minimum Gasteiger partial charge on any atom is -0.457 e. The lowest BCUT2D eigenvalue weighted by molar-refractivity contribution is -0.205. The molecule has 0 aliphatic carbocycles. The summed E-state index contributed by atoms with van der Waals surface area (Å²) >= 11 is 1.11. The highest BCUT2D eigenvalue weighted by Gasteiger charge is 2.45. The summed E-state index contributed by atoms with van der Waals surface area (Å²) in [5.41, 5.74) is -0.443. The van der Waals surface area contributed by atoms with E-state index in [-0.39, 0.29) is 49.2 Å². The van der Waals surface area contributed by atoms with Crippen molar-refractivity contribution in [2.24, 2.45) is 17.8 Å². The van der Waals surface area contributed by atoms with E-state index in [4.69, 9.17) is 14.2 Å². The van der Waals surface area contributed by atoms with Crippen LogP contribution in [-0.2, 0) is 33.4 Å². The molecule has 0 aromatic heterocycles. The molecule has 3 heterocycles. The second kappa shape index (κ2) is 18.6. The molecule has 0 aromatic carbocycles. The molecular formula is C33H51NO12S. The van der Waals surface area contributed by atoms with Crippen LogP contribution in [0.25, 0.3) is 0 Å². The SMILES string of the molecule is CO[C@H]1/C=C/CC[C@@H](S[C@@H]2O[C@H](CO)[C@@H](O)[C@H](O)[C@H]2O)CC(=O)O[C@@H](/C(C)=C/[C@H](C)C(=O)CCCC2CC(=O)NC(=O)C2)[C@@H](C)[C@@H]1O. The monoisotopic (exact) mass is 685 g/mol. The fourth-order valence-electron chi connectivity index (χ4n) is 6.33. The maximum atomic E-state index is 13.4. The summed E-state index contributed by atoms with van der Waals surface area (Å²) in [6.45, 7) is 4.65. The Bertz CT molecular complexity index is 1130. The van der Waals surface area contributed by atoms with E-state index in [2.05, 4.69) is 5.32 Å². The van der Waals surface area contributed by atoms with Crippen LogP contribution in [0.2, 0.25) is 0 Å². The number of imide groups is 1. The summed E-state index contributed by atoms with van der Waals surface area (Å²) in [6.07, 6.45) is -0.165. The number of esters is 1. The molecule has 0 saturated carbocycles. The van der Waals surface area contributed by atoms with Crippen molar-refractivity contribution in [1.29, 1.82) is 0 Å². The van der Waals surface area contributed by atoms with Gasteiger partial charge < -0.3 is 39.7 Å². The van der Waals surface area contributed by atoms with Gasteiger partial charge in [0.2, 0.25) is 11.8 Å². The van der Waals surface area contributed by atoms with Crippen LogP contribution in [0.15, 0.2) is 23.8 Å². The van der Waals surface area contributed by atoms with Crippen molar-refractivity contribution in [3.05, 3.63) is 23.8 Å². The third-order valence-electron chi connectivity index (χ3n) is 9.17. The Labute approximate surface area is 280 Å². The fourth-order valence-corrected chi connectivity index (χ4v) is 7.75. The average Bonchev–Trinajstić information content (AvgIpc) is 3.02. The molecule has 266 valence electrons. The van der Waals surface area contributed by atoms with Gasteiger partial charge in [-0.05, 0) is 44.1 Å². The third kappa shape index (κ3) is 11.2. The standard InChI is InChI=1S/C33H51NO12S/c1-17(22(36)10-7-8-20-13-25(37)34-26(38)14-20)12-18(2)32-19(3)28(40)23(44-4)11-6-5-9-21(15-27(39)46-32)47-33-31(43)30(42)29(41)24(16-35)45-33/h6,11-12,17,19-21,23-24,28-33,35,40-43H,5,7-10,13-16H2,1-4H3,(H,34,37,38)/b11-6+,18-12+/t17-,19-,21+,23-,24+,28-,29+,30-,31+,32-,33-/m0/s1. The number of amides is 2. The highest BCUT2D eigenvalue weighted by molar-refractivity contribution is 8.00. The van der Waals surface area contributed by atoms with E-state index >= 15 is 0 Å². The first-order chi connectivity index (χ1) is 22.2. The zero-order valence-corrected chi connectivity index (χ0v) is 28.3. The first kappa shape index (κ1) is 39.3. The number of piperidine rings is 1. The van der Waals surface area contributed by atoms with Gasteiger partial charge in [0.05, 0.1) is 19.1 Å². The number of carbonyl (C=O) groups is 4. The number of cyclic esters (lactones) is 1. The topological polar surface area (TPSA) is 209 Å². The molecule has 3 aliphatic rings. The molecule has 3 aliphatic heterocycles. The second-order valence-corrected chi connectivity index (χ2v) is 14.3. The van der Waals surface area contributed by atoms with E-state index in [0.29, 0.717) is 31.3 Å². The molecule has 0 bridgehead atoms. The molecule has 13 nitrogen and oxygen atoms in total. The minimum atomic E-state index is -1.54. The van der Waals surface area contributed by atoms with Crippen LogP contribution in [0.5, 0.6) is 0 Å². The van der Waals surface area contributed by atoms with Crippen molar-refractivity contribution in [1.82, 2.24) is 5.32 Å². The number of Topliss-reactive ketones (excluding diaryl/α,β-unsaturated/α-hetero) is 1. The van der Waals surface area contributed by atoms with Gasteiger partial charge in [0.1, 0.15) is 47.8 Å².